The molecule has 2 heterocycles. The van der Waals surface area contributed by atoms with Crippen LogP contribution in [-0.2, 0) is 16.3 Å². The van der Waals surface area contributed by atoms with Gasteiger partial charge in [-0.05, 0) is 43.2 Å². The number of nitrogen functional groups attached to an aromatic ring is 1. The van der Waals surface area contributed by atoms with Crippen LogP contribution in [-0.4, -0.2) is 41.7 Å². The fourth-order valence-electron chi connectivity index (χ4n) is 2.97. The van der Waals surface area contributed by atoms with Gasteiger partial charge in [-0.2, -0.15) is 0 Å². The Kier molecular flexibility index (Phi) is 5.62. The zero-order chi connectivity index (χ0) is 22.2. The molecule has 158 valence electrons. The molecule has 0 aliphatic carbocycles. The van der Waals surface area contributed by atoms with Gasteiger partial charge in [0.15, 0.2) is 26.3 Å². The van der Waals surface area contributed by atoms with Crippen molar-refractivity contribution in [3.05, 3.63) is 53.0 Å². The summed E-state index contributed by atoms with van der Waals surface area (Å²) in [6, 6.07) is 6.96. The van der Waals surface area contributed by atoms with E-state index in [4.69, 9.17) is 5.73 Å². The number of benzene rings is 1. The summed E-state index contributed by atoms with van der Waals surface area (Å²) in [6.45, 7) is 3.43. The Hall–Kier alpha value is -3.27. The third-order valence-corrected chi connectivity index (χ3v) is 5.33. The highest BCUT2D eigenvalue weighted by molar-refractivity contribution is 7.90. The third kappa shape index (κ3) is 4.33. The summed E-state index contributed by atoms with van der Waals surface area (Å²) in [7, 11) is -3.87. The smallest absolute Gasteiger partial charge is 0.274 e. The fraction of sp³-hybridized carbons (Fsp3) is 0.250. The van der Waals surface area contributed by atoms with E-state index in [1.165, 1.54) is 18.2 Å². The number of aromatic hydroxyl groups is 1. The maximum atomic E-state index is 13.2. The molecule has 0 aliphatic heterocycles. The van der Waals surface area contributed by atoms with Gasteiger partial charge in [0, 0.05) is 24.1 Å². The van der Waals surface area contributed by atoms with E-state index in [1.807, 2.05) is 0 Å². The van der Waals surface area contributed by atoms with Crippen LogP contribution in [0.3, 0.4) is 0 Å². The summed E-state index contributed by atoms with van der Waals surface area (Å²) < 4.78 is 37.9. The predicted molar refractivity (Wildman–Crippen MR) is 111 cm³/mol. The van der Waals surface area contributed by atoms with Crippen LogP contribution in [0.1, 0.15) is 35.5 Å². The number of nitrogens with one attached hydrogen (secondary N) is 1. The van der Waals surface area contributed by atoms with E-state index in [9.17, 15) is 22.7 Å². The minimum Gasteiger partial charge on any atom is -0.504 e. The lowest BCUT2D eigenvalue weighted by molar-refractivity contribution is 0.0934. The zero-order valence-corrected chi connectivity index (χ0v) is 17.4. The van der Waals surface area contributed by atoms with E-state index in [1.54, 1.807) is 26.0 Å². The van der Waals surface area contributed by atoms with Crippen molar-refractivity contribution in [1.29, 1.82) is 0 Å². The van der Waals surface area contributed by atoms with Crippen molar-refractivity contribution in [2.45, 2.75) is 31.3 Å². The quantitative estimate of drug-likeness (QED) is 0.562. The highest BCUT2D eigenvalue weighted by Gasteiger charge is 2.26. The van der Waals surface area contributed by atoms with Crippen molar-refractivity contribution in [3.63, 3.8) is 0 Å². The number of sulfone groups is 1. The molecule has 0 saturated heterocycles. The second-order valence-corrected chi connectivity index (χ2v) is 9.18. The Bertz CT molecular complexity index is 1240. The van der Waals surface area contributed by atoms with Crippen LogP contribution in [0, 0.1) is 5.82 Å². The molecule has 3 rings (SSSR count). The SMILES string of the molecule is CC(C)NC(=O)c1nc(S(C)(=O)=O)c2cc(Cc3ccc(F)cc3)c(N)nc2c1O. The summed E-state index contributed by atoms with van der Waals surface area (Å²) in [4.78, 5) is 20.5. The Labute approximate surface area is 172 Å². The number of carbonyl (C=O) groups is 1. The zero-order valence-electron chi connectivity index (χ0n) is 16.6. The lowest BCUT2D eigenvalue weighted by Crippen LogP contribution is -2.31. The Morgan fingerprint density at radius 1 is 1.23 bits per heavy atom. The van der Waals surface area contributed by atoms with E-state index in [-0.39, 0.29) is 35.0 Å². The lowest BCUT2D eigenvalue weighted by Gasteiger charge is -2.14. The molecule has 0 saturated carbocycles. The van der Waals surface area contributed by atoms with Gasteiger partial charge >= 0.3 is 0 Å². The van der Waals surface area contributed by atoms with E-state index in [0.29, 0.717) is 5.56 Å². The average molecular weight is 432 g/mol. The maximum absolute atomic E-state index is 13.2. The number of nitrogens with two attached hydrogens (primary N) is 1. The number of amides is 1. The normalized spacial score (nSPS) is 11.8. The van der Waals surface area contributed by atoms with Crippen LogP contribution in [0.2, 0.25) is 0 Å². The van der Waals surface area contributed by atoms with Crippen molar-refractivity contribution >= 4 is 32.5 Å². The lowest BCUT2D eigenvalue weighted by atomic mass is 10.0. The first-order chi connectivity index (χ1) is 14.0. The highest BCUT2D eigenvalue weighted by atomic mass is 32.2. The minimum absolute atomic E-state index is 0.0439. The van der Waals surface area contributed by atoms with Crippen LogP contribution in [0.5, 0.6) is 5.75 Å². The number of hydrogen-bond acceptors (Lipinski definition) is 7. The van der Waals surface area contributed by atoms with Gasteiger partial charge in [0.2, 0.25) is 0 Å². The molecule has 0 radical (unpaired) electrons. The molecule has 10 heteroatoms. The largest absolute Gasteiger partial charge is 0.504 e. The van der Waals surface area contributed by atoms with Gasteiger partial charge in [0.05, 0.1) is 0 Å². The second-order valence-electron chi connectivity index (χ2n) is 7.25. The molecular formula is C20H21FN4O4S. The van der Waals surface area contributed by atoms with Gasteiger partial charge in [-0.25, -0.2) is 22.8 Å². The molecule has 30 heavy (non-hydrogen) atoms. The minimum atomic E-state index is -3.87. The molecule has 2 aromatic heterocycles. The molecule has 8 nitrogen and oxygen atoms in total. The molecule has 0 fully saturated rings. The molecule has 0 spiro atoms. The molecule has 3 aromatic rings. The van der Waals surface area contributed by atoms with Gasteiger partial charge in [-0.1, -0.05) is 12.1 Å². The van der Waals surface area contributed by atoms with Crippen molar-refractivity contribution in [2.75, 3.05) is 12.0 Å². The summed E-state index contributed by atoms with van der Waals surface area (Å²) >= 11 is 0. The van der Waals surface area contributed by atoms with Gasteiger partial charge in [0.25, 0.3) is 5.91 Å². The average Bonchev–Trinajstić information content (AvgIpc) is 2.63. The Morgan fingerprint density at radius 3 is 2.43 bits per heavy atom. The Morgan fingerprint density at radius 2 is 1.87 bits per heavy atom. The number of hydrogen-bond donors (Lipinski definition) is 3. The van der Waals surface area contributed by atoms with Crippen LogP contribution in [0.4, 0.5) is 10.2 Å². The van der Waals surface area contributed by atoms with Crippen molar-refractivity contribution in [1.82, 2.24) is 15.3 Å². The second kappa shape index (κ2) is 7.86. The number of aromatic nitrogens is 2. The highest BCUT2D eigenvalue weighted by Crippen LogP contribution is 2.33. The molecule has 4 N–H and O–H groups in total. The first-order valence-corrected chi connectivity index (χ1v) is 10.9. The third-order valence-electron chi connectivity index (χ3n) is 4.32. The monoisotopic (exact) mass is 432 g/mol. The number of halogens is 1. The van der Waals surface area contributed by atoms with Crippen LogP contribution < -0.4 is 11.1 Å². The number of fused-ring (bicyclic) bond motifs is 1. The van der Waals surface area contributed by atoms with Crippen LogP contribution >= 0.6 is 0 Å². The number of carbonyl (C=O) groups excluding carboxylic acids is 1. The van der Waals surface area contributed by atoms with Crippen molar-refractivity contribution < 1.29 is 22.7 Å². The molecular weight excluding hydrogens is 411 g/mol. The van der Waals surface area contributed by atoms with E-state index < -0.39 is 32.2 Å². The van der Waals surface area contributed by atoms with E-state index >= 15 is 0 Å². The van der Waals surface area contributed by atoms with E-state index in [2.05, 4.69) is 15.3 Å². The standard InChI is InChI=1S/C20H21FN4O4S/c1-10(2)23-19(27)16-17(26)15-14(20(25-16)30(3,28)29)9-12(18(22)24-15)8-11-4-6-13(21)7-5-11/h4-7,9-10,26H,8H2,1-3H3,(H2,22,24)(H,23,27). The van der Waals surface area contributed by atoms with Gasteiger partial charge < -0.3 is 16.2 Å². The summed E-state index contributed by atoms with van der Waals surface area (Å²) in [6.07, 6.45) is 1.21. The number of anilines is 1. The molecule has 1 aromatic carbocycles. The predicted octanol–water partition coefficient (Wildman–Crippen LogP) is 2.19. The first kappa shape index (κ1) is 21.4. The first-order valence-electron chi connectivity index (χ1n) is 9.04. The number of rotatable bonds is 5. The fourth-order valence-corrected chi connectivity index (χ4v) is 3.79. The maximum Gasteiger partial charge on any atom is 0.274 e. The van der Waals surface area contributed by atoms with Crippen molar-refractivity contribution in [2.24, 2.45) is 0 Å². The topological polar surface area (TPSA) is 135 Å². The van der Waals surface area contributed by atoms with Crippen molar-refractivity contribution in [3.8, 4) is 5.75 Å². The molecule has 0 bridgehead atoms. The number of pyridine rings is 2. The Balaban J connectivity index is 2.23. The summed E-state index contributed by atoms with van der Waals surface area (Å²) in [5, 5.41) is 12.8. The molecule has 0 atom stereocenters. The molecule has 0 aliphatic rings. The van der Waals surface area contributed by atoms with Crippen LogP contribution in [0.25, 0.3) is 10.9 Å². The van der Waals surface area contributed by atoms with Gasteiger partial charge in [0.1, 0.15) is 17.2 Å². The summed E-state index contributed by atoms with van der Waals surface area (Å²) in [5.41, 5.74) is 6.65. The summed E-state index contributed by atoms with van der Waals surface area (Å²) in [5.74, 6) is -1.63. The van der Waals surface area contributed by atoms with E-state index in [0.717, 1.165) is 11.8 Å². The molecule has 0 unspecified atom stereocenters. The van der Waals surface area contributed by atoms with Gasteiger partial charge in [-0.15, -0.1) is 0 Å². The molecule has 1 amide bonds. The number of nitrogens with zero attached hydrogens (tertiary/aromatic N) is 2. The van der Waals surface area contributed by atoms with Gasteiger partial charge in [-0.3, -0.25) is 4.79 Å². The van der Waals surface area contributed by atoms with Crippen LogP contribution in [0.15, 0.2) is 35.4 Å².